The normalized spacial score (nSPS) is 15.8. The van der Waals surface area contributed by atoms with E-state index in [2.05, 4.69) is 31.0 Å². The van der Waals surface area contributed by atoms with E-state index in [1.165, 1.54) is 0 Å². The Morgan fingerprint density at radius 3 is 2.97 bits per heavy atom. The van der Waals surface area contributed by atoms with E-state index >= 15 is 0 Å². The first-order chi connectivity index (χ1) is 15.2. The van der Waals surface area contributed by atoms with Crippen LogP contribution in [0.5, 0.6) is 0 Å². The number of H-pyrrole nitrogens is 1. The Labute approximate surface area is 174 Å². The van der Waals surface area contributed by atoms with E-state index in [9.17, 15) is 10.1 Å². The zero-order valence-electron chi connectivity index (χ0n) is 16.2. The average Bonchev–Trinajstić information content (AvgIpc) is 3.37. The molecule has 31 heavy (non-hydrogen) atoms. The first-order valence-corrected chi connectivity index (χ1v) is 9.87. The lowest BCUT2D eigenvalue weighted by atomic mass is 9.95. The van der Waals surface area contributed by atoms with Crippen LogP contribution >= 0.6 is 0 Å². The van der Waals surface area contributed by atoms with Gasteiger partial charge in [-0.05, 0) is 37.5 Å². The van der Waals surface area contributed by atoms with Crippen LogP contribution in [0.4, 0.5) is 0 Å². The third kappa shape index (κ3) is 2.63. The number of imidazole rings is 2. The van der Waals surface area contributed by atoms with Crippen molar-refractivity contribution in [2.75, 3.05) is 0 Å². The van der Waals surface area contributed by atoms with E-state index in [0.717, 1.165) is 41.7 Å². The summed E-state index contributed by atoms with van der Waals surface area (Å²) in [5.74, 6) is 0.369. The van der Waals surface area contributed by atoms with Crippen molar-refractivity contribution >= 4 is 22.2 Å². The van der Waals surface area contributed by atoms with E-state index in [-0.39, 0.29) is 11.7 Å². The molecule has 0 amide bonds. The number of aromatic amines is 1. The SMILES string of the molecule is N#Cc1ccc2ncn(-c3ncc4[nH]c(=O)n(C5CCCc6nccnc65)c4n3)c2c1. The minimum atomic E-state index is -0.257. The smallest absolute Gasteiger partial charge is 0.303 e. The van der Waals surface area contributed by atoms with E-state index < -0.39 is 0 Å². The molecule has 0 spiro atoms. The van der Waals surface area contributed by atoms with Gasteiger partial charge in [0.2, 0.25) is 5.95 Å². The first-order valence-electron chi connectivity index (χ1n) is 9.87. The number of nitrogens with zero attached hydrogens (tertiary/aromatic N) is 8. The Morgan fingerprint density at radius 2 is 2.06 bits per heavy atom. The number of hydrogen-bond donors (Lipinski definition) is 1. The molecule has 150 valence electrons. The molecule has 0 fully saturated rings. The topological polar surface area (TPSA) is 131 Å². The summed E-state index contributed by atoms with van der Waals surface area (Å²) in [5.41, 5.74) is 4.48. The van der Waals surface area contributed by atoms with Gasteiger partial charge in [0.05, 0.1) is 46.3 Å². The van der Waals surface area contributed by atoms with Crippen molar-refractivity contribution in [3.8, 4) is 12.0 Å². The fourth-order valence-electron chi connectivity index (χ4n) is 4.25. The highest BCUT2D eigenvalue weighted by Crippen LogP contribution is 2.31. The second kappa shape index (κ2) is 6.56. The molecule has 5 aromatic rings. The maximum atomic E-state index is 12.9. The molecular weight excluding hydrogens is 394 g/mol. The summed E-state index contributed by atoms with van der Waals surface area (Å²) in [4.78, 5) is 38.2. The zero-order chi connectivity index (χ0) is 20.9. The van der Waals surface area contributed by atoms with E-state index in [1.54, 1.807) is 52.3 Å². The van der Waals surface area contributed by atoms with Crippen LogP contribution in [-0.4, -0.2) is 39.0 Å². The highest BCUT2D eigenvalue weighted by Gasteiger charge is 2.27. The molecule has 10 nitrogen and oxygen atoms in total. The number of nitriles is 1. The number of aryl methyl sites for hydroxylation is 1. The second-order valence-electron chi connectivity index (χ2n) is 7.43. The number of nitrogens with one attached hydrogen (secondary N) is 1. The maximum Gasteiger partial charge on any atom is 0.328 e. The number of benzene rings is 1. The molecule has 4 heterocycles. The molecule has 1 atom stereocenters. The highest BCUT2D eigenvalue weighted by atomic mass is 16.1. The summed E-state index contributed by atoms with van der Waals surface area (Å²) >= 11 is 0. The Morgan fingerprint density at radius 1 is 1.16 bits per heavy atom. The van der Waals surface area contributed by atoms with Gasteiger partial charge >= 0.3 is 5.69 Å². The Bertz CT molecular complexity index is 1570. The third-order valence-electron chi connectivity index (χ3n) is 5.66. The van der Waals surface area contributed by atoms with E-state index in [4.69, 9.17) is 4.98 Å². The van der Waals surface area contributed by atoms with Crippen molar-refractivity contribution in [3.63, 3.8) is 0 Å². The van der Waals surface area contributed by atoms with E-state index in [0.29, 0.717) is 22.7 Å². The monoisotopic (exact) mass is 409 g/mol. The van der Waals surface area contributed by atoms with Crippen LogP contribution in [0.3, 0.4) is 0 Å². The molecule has 0 aliphatic heterocycles. The number of hydrogen-bond acceptors (Lipinski definition) is 7. The molecule has 0 saturated carbocycles. The molecule has 1 aliphatic rings. The quantitative estimate of drug-likeness (QED) is 0.472. The van der Waals surface area contributed by atoms with E-state index in [1.807, 2.05) is 0 Å². The van der Waals surface area contributed by atoms with Crippen molar-refractivity contribution in [3.05, 3.63) is 70.6 Å². The molecule has 0 radical (unpaired) electrons. The largest absolute Gasteiger partial charge is 0.328 e. The van der Waals surface area contributed by atoms with Crippen LogP contribution in [0, 0.1) is 11.3 Å². The first kappa shape index (κ1) is 17.5. The summed E-state index contributed by atoms with van der Waals surface area (Å²) < 4.78 is 3.36. The Kier molecular flexibility index (Phi) is 3.70. The minimum Gasteiger partial charge on any atom is -0.303 e. The number of rotatable bonds is 2. The van der Waals surface area contributed by atoms with Gasteiger partial charge in [0.25, 0.3) is 0 Å². The molecule has 4 aromatic heterocycles. The molecule has 1 aromatic carbocycles. The summed E-state index contributed by atoms with van der Waals surface area (Å²) in [7, 11) is 0. The lowest BCUT2D eigenvalue weighted by molar-refractivity contribution is 0.467. The number of fused-ring (bicyclic) bond motifs is 3. The van der Waals surface area contributed by atoms with Gasteiger partial charge in [0.15, 0.2) is 5.65 Å². The van der Waals surface area contributed by atoms with Crippen molar-refractivity contribution < 1.29 is 0 Å². The lowest BCUT2D eigenvalue weighted by Gasteiger charge is -2.24. The summed E-state index contributed by atoms with van der Waals surface area (Å²) in [6.45, 7) is 0. The maximum absolute atomic E-state index is 12.9. The average molecular weight is 409 g/mol. The predicted molar refractivity (Wildman–Crippen MR) is 111 cm³/mol. The lowest BCUT2D eigenvalue weighted by Crippen LogP contribution is -2.27. The van der Waals surface area contributed by atoms with Gasteiger partial charge in [-0.25, -0.2) is 14.8 Å². The van der Waals surface area contributed by atoms with Crippen LogP contribution in [0.1, 0.15) is 35.8 Å². The summed E-state index contributed by atoms with van der Waals surface area (Å²) in [5, 5.41) is 9.24. The highest BCUT2D eigenvalue weighted by molar-refractivity contribution is 5.79. The van der Waals surface area contributed by atoms with Crippen LogP contribution in [-0.2, 0) is 6.42 Å². The third-order valence-corrected chi connectivity index (χ3v) is 5.66. The molecular formula is C21H15N9O. The minimum absolute atomic E-state index is 0.244. The molecule has 1 unspecified atom stereocenters. The van der Waals surface area contributed by atoms with Crippen molar-refractivity contribution in [1.29, 1.82) is 5.26 Å². The van der Waals surface area contributed by atoms with Crippen LogP contribution in [0.2, 0.25) is 0 Å². The fraction of sp³-hybridized carbons (Fsp3) is 0.190. The molecule has 1 aliphatic carbocycles. The van der Waals surface area contributed by atoms with Crippen LogP contribution < -0.4 is 5.69 Å². The van der Waals surface area contributed by atoms with Gasteiger partial charge in [0.1, 0.15) is 11.8 Å². The summed E-state index contributed by atoms with van der Waals surface area (Å²) in [6, 6.07) is 7.14. The Hall–Kier alpha value is -4.39. The predicted octanol–water partition coefficient (Wildman–Crippen LogP) is 2.05. The number of aromatic nitrogens is 8. The standard InChI is InChI=1S/C21H15N9O/c22-9-12-4-5-13-17(8-12)29(11-26-13)20-25-10-15-19(28-20)30(21(31)27-15)16-3-1-2-14-18(16)24-7-6-23-14/h4-8,10-11,16H,1-3H2,(H,27,31). The van der Waals surface area contributed by atoms with Crippen LogP contribution in [0.25, 0.3) is 28.1 Å². The van der Waals surface area contributed by atoms with Gasteiger partial charge in [-0.3, -0.25) is 19.1 Å². The molecule has 0 saturated heterocycles. The second-order valence-corrected chi connectivity index (χ2v) is 7.43. The molecule has 6 rings (SSSR count). The fourth-order valence-corrected chi connectivity index (χ4v) is 4.25. The van der Waals surface area contributed by atoms with Gasteiger partial charge in [0, 0.05) is 12.4 Å². The molecule has 1 N–H and O–H groups in total. The summed E-state index contributed by atoms with van der Waals surface area (Å²) in [6.07, 6.45) is 9.08. The zero-order valence-corrected chi connectivity index (χ0v) is 16.2. The van der Waals surface area contributed by atoms with Crippen molar-refractivity contribution in [1.82, 2.24) is 39.0 Å². The van der Waals surface area contributed by atoms with Crippen molar-refractivity contribution in [2.24, 2.45) is 0 Å². The van der Waals surface area contributed by atoms with Gasteiger partial charge in [-0.15, -0.1) is 0 Å². The van der Waals surface area contributed by atoms with Gasteiger partial charge in [-0.1, -0.05) is 0 Å². The van der Waals surface area contributed by atoms with Crippen LogP contribution in [0.15, 0.2) is 47.9 Å². The van der Waals surface area contributed by atoms with Gasteiger partial charge in [-0.2, -0.15) is 10.2 Å². The molecule has 0 bridgehead atoms. The Balaban J connectivity index is 1.56. The molecule has 10 heteroatoms. The van der Waals surface area contributed by atoms with Gasteiger partial charge < -0.3 is 4.98 Å². The van der Waals surface area contributed by atoms with Crippen molar-refractivity contribution in [2.45, 2.75) is 25.3 Å².